The lowest BCUT2D eigenvalue weighted by Gasteiger charge is -2.22. The highest BCUT2D eigenvalue weighted by Crippen LogP contribution is 2.34. The Labute approximate surface area is 118 Å². The van der Waals surface area contributed by atoms with E-state index in [1.54, 1.807) is 0 Å². The largest absolute Gasteiger partial charge is 0.444 e. The van der Waals surface area contributed by atoms with Crippen LogP contribution < -0.4 is 5.73 Å². The van der Waals surface area contributed by atoms with Gasteiger partial charge in [0.15, 0.2) is 5.22 Å². The molecule has 1 fully saturated rings. The van der Waals surface area contributed by atoms with Gasteiger partial charge in [0, 0.05) is 24.0 Å². The van der Waals surface area contributed by atoms with Gasteiger partial charge in [-0.1, -0.05) is 25.1 Å². The van der Waals surface area contributed by atoms with Crippen molar-refractivity contribution in [3.63, 3.8) is 0 Å². The molecule has 0 saturated carbocycles. The molecule has 4 heteroatoms. The lowest BCUT2D eigenvalue weighted by atomic mass is 9.90. The van der Waals surface area contributed by atoms with Crippen LogP contribution in [-0.2, 0) is 6.54 Å². The first-order valence-corrected chi connectivity index (χ1v) is 7.07. The van der Waals surface area contributed by atoms with Crippen molar-refractivity contribution < 1.29 is 4.42 Å². The van der Waals surface area contributed by atoms with E-state index in [1.165, 1.54) is 0 Å². The Bertz CT molecular complexity index is 595. The Balaban J connectivity index is 1.85. The van der Waals surface area contributed by atoms with E-state index in [0.29, 0.717) is 5.22 Å². The maximum absolute atomic E-state index is 6.23. The van der Waals surface area contributed by atoms with Gasteiger partial charge in [-0.3, -0.25) is 4.90 Å². The Morgan fingerprint density at radius 2 is 2.21 bits per heavy atom. The molecule has 2 N–H and O–H groups in total. The van der Waals surface area contributed by atoms with Crippen molar-refractivity contribution in [2.24, 2.45) is 11.1 Å². The van der Waals surface area contributed by atoms with Crippen LogP contribution in [-0.4, -0.2) is 24.5 Å². The van der Waals surface area contributed by atoms with Crippen LogP contribution in [0.4, 0.5) is 0 Å². The highest BCUT2D eigenvalue weighted by atomic mass is 35.5. The maximum Gasteiger partial charge on any atom is 0.199 e. The lowest BCUT2D eigenvalue weighted by Crippen LogP contribution is -2.31. The molecule has 2 heterocycles. The standard InChI is InChI=1S/C15H19ClN2O/c1-15(9-17)6-7-18(10-15)8-12-11-4-2-3-5-13(11)19-14(12)16/h2-5H,6-10,17H2,1H3. The zero-order valence-corrected chi connectivity index (χ0v) is 11.9. The lowest BCUT2D eigenvalue weighted by molar-refractivity contribution is 0.274. The summed E-state index contributed by atoms with van der Waals surface area (Å²) in [5.74, 6) is 0. The zero-order chi connectivity index (χ0) is 13.5. The zero-order valence-electron chi connectivity index (χ0n) is 11.2. The van der Waals surface area contributed by atoms with E-state index in [0.717, 1.165) is 49.1 Å². The number of nitrogens with zero attached hydrogens (tertiary/aromatic N) is 1. The van der Waals surface area contributed by atoms with Gasteiger partial charge in [-0.25, -0.2) is 0 Å². The molecule has 102 valence electrons. The van der Waals surface area contributed by atoms with E-state index in [9.17, 15) is 0 Å². The van der Waals surface area contributed by atoms with Gasteiger partial charge < -0.3 is 10.2 Å². The predicted molar refractivity (Wildman–Crippen MR) is 78.3 cm³/mol. The van der Waals surface area contributed by atoms with Gasteiger partial charge in [0.2, 0.25) is 0 Å². The van der Waals surface area contributed by atoms with E-state index >= 15 is 0 Å². The molecule has 1 aliphatic heterocycles. The van der Waals surface area contributed by atoms with Crippen molar-refractivity contribution in [1.82, 2.24) is 4.90 Å². The third-order valence-electron chi connectivity index (χ3n) is 4.16. The van der Waals surface area contributed by atoms with Crippen LogP contribution >= 0.6 is 11.6 Å². The third kappa shape index (κ3) is 2.38. The van der Waals surface area contributed by atoms with Crippen LogP contribution in [0, 0.1) is 5.41 Å². The summed E-state index contributed by atoms with van der Waals surface area (Å²) in [6.07, 6.45) is 1.15. The molecule has 2 aromatic rings. The van der Waals surface area contributed by atoms with Crippen LogP contribution in [0.1, 0.15) is 18.9 Å². The van der Waals surface area contributed by atoms with Crippen LogP contribution in [0.5, 0.6) is 0 Å². The molecule has 1 aromatic carbocycles. The summed E-state index contributed by atoms with van der Waals surface area (Å²) in [6, 6.07) is 8.01. The monoisotopic (exact) mass is 278 g/mol. The van der Waals surface area contributed by atoms with Gasteiger partial charge in [-0.2, -0.15) is 0 Å². The van der Waals surface area contributed by atoms with Crippen LogP contribution in [0.25, 0.3) is 11.0 Å². The predicted octanol–water partition coefficient (Wildman–Crippen LogP) is 3.26. The van der Waals surface area contributed by atoms with Crippen LogP contribution in [0.3, 0.4) is 0 Å². The minimum atomic E-state index is 0.242. The molecule has 1 saturated heterocycles. The van der Waals surface area contributed by atoms with E-state index < -0.39 is 0 Å². The van der Waals surface area contributed by atoms with Gasteiger partial charge in [0.25, 0.3) is 0 Å². The third-order valence-corrected chi connectivity index (χ3v) is 4.47. The molecular formula is C15H19ClN2O. The summed E-state index contributed by atoms with van der Waals surface area (Å²) in [5, 5.41) is 1.64. The second-order valence-corrected chi connectivity index (χ2v) is 6.17. The molecule has 3 rings (SSSR count). The summed E-state index contributed by atoms with van der Waals surface area (Å²) < 4.78 is 5.60. The first-order chi connectivity index (χ1) is 9.11. The number of hydrogen-bond donors (Lipinski definition) is 1. The van der Waals surface area contributed by atoms with Crippen molar-refractivity contribution in [2.75, 3.05) is 19.6 Å². The molecule has 0 radical (unpaired) electrons. The number of nitrogens with two attached hydrogens (primary N) is 1. The summed E-state index contributed by atoms with van der Waals surface area (Å²) in [5.41, 5.74) is 8.05. The number of benzene rings is 1. The first-order valence-electron chi connectivity index (χ1n) is 6.70. The van der Waals surface area contributed by atoms with Gasteiger partial charge in [0.1, 0.15) is 5.58 Å². The van der Waals surface area contributed by atoms with E-state index in [4.69, 9.17) is 21.8 Å². The smallest absolute Gasteiger partial charge is 0.199 e. The minimum Gasteiger partial charge on any atom is -0.444 e. The number of hydrogen-bond acceptors (Lipinski definition) is 3. The highest BCUT2D eigenvalue weighted by molar-refractivity contribution is 6.30. The quantitative estimate of drug-likeness (QED) is 0.937. The van der Waals surface area contributed by atoms with Crippen molar-refractivity contribution in [3.05, 3.63) is 35.0 Å². The molecule has 0 amide bonds. The number of furan rings is 1. The fraction of sp³-hybridized carbons (Fsp3) is 0.467. The molecule has 19 heavy (non-hydrogen) atoms. The maximum atomic E-state index is 6.23. The molecular weight excluding hydrogens is 260 g/mol. The second-order valence-electron chi connectivity index (χ2n) is 5.83. The fourth-order valence-electron chi connectivity index (χ4n) is 2.87. The SMILES string of the molecule is CC1(CN)CCN(Cc2c(Cl)oc3ccccc23)C1. The average molecular weight is 279 g/mol. The van der Waals surface area contributed by atoms with E-state index in [1.807, 2.05) is 18.2 Å². The summed E-state index contributed by atoms with van der Waals surface area (Å²) in [6.45, 7) is 5.93. The molecule has 1 aromatic heterocycles. The average Bonchev–Trinajstić information content (AvgIpc) is 2.93. The molecule has 0 aliphatic carbocycles. The molecule has 1 aliphatic rings. The molecule has 0 bridgehead atoms. The summed E-state index contributed by atoms with van der Waals surface area (Å²) in [7, 11) is 0. The molecule has 3 nitrogen and oxygen atoms in total. The number of halogens is 1. The minimum absolute atomic E-state index is 0.242. The van der Waals surface area contributed by atoms with Crippen molar-refractivity contribution >= 4 is 22.6 Å². The van der Waals surface area contributed by atoms with Crippen molar-refractivity contribution in [3.8, 4) is 0 Å². The normalized spacial score (nSPS) is 24.4. The van der Waals surface area contributed by atoms with Crippen LogP contribution in [0.2, 0.25) is 5.22 Å². The van der Waals surface area contributed by atoms with E-state index in [-0.39, 0.29) is 5.41 Å². The van der Waals surface area contributed by atoms with Gasteiger partial charge >= 0.3 is 0 Å². The summed E-state index contributed by atoms with van der Waals surface area (Å²) >= 11 is 6.23. The Kier molecular flexibility index (Phi) is 3.29. The van der Waals surface area contributed by atoms with Gasteiger partial charge in [-0.15, -0.1) is 0 Å². The Morgan fingerprint density at radius 3 is 2.95 bits per heavy atom. The topological polar surface area (TPSA) is 42.4 Å². The number of fused-ring (bicyclic) bond motifs is 1. The van der Waals surface area contributed by atoms with Crippen molar-refractivity contribution in [1.29, 1.82) is 0 Å². The van der Waals surface area contributed by atoms with Gasteiger partial charge in [0.05, 0.1) is 0 Å². The second kappa shape index (κ2) is 4.82. The van der Waals surface area contributed by atoms with Crippen LogP contribution in [0.15, 0.2) is 28.7 Å². The van der Waals surface area contributed by atoms with E-state index in [2.05, 4.69) is 17.9 Å². The molecule has 1 atom stereocenters. The number of rotatable bonds is 3. The van der Waals surface area contributed by atoms with Gasteiger partial charge in [-0.05, 0) is 42.6 Å². The Morgan fingerprint density at radius 1 is 1.42 bits per heavy atom. The molecule has 1 unspecified atom stereocenters. The Hall–Kier alpha value is -1.03. The fourth-order valence-corrected chi connectivity index (χ4v) is 3.11. The first kappa shape index (κ1) is 13.0. The number of para-hydroxylation sites is 1. The number of likely N-dealkylation sites (tertiary alicyclic amines) is 1. The highest BCUT2D eigenvalue weighted by Gasteiger charge is 2.33. The summed E-state index contributed by atoms with van der Waals surface area (Å²) in [4.78, 5) is 2.41. The van der Waals surface area contributed by atoms with Crippen molar-refractivity contribution in [2.45, 2.75) is 19.9 Å². The molecule has 0 spiro atoms.